The number of carbonyl (C=O) groups excluding carboxylic acids is 1. The molecule has 5 heteroatoms. The van der Waals surface area contributed by atoms with Crippen LogP contribution in [0.25, 0.3) is 17.0 Å². The monoisotopic (exact) mass is 326 g/mol. The van der Waals surface area contributed by atoms with Crippen molar-refractivity contribution in [3.63, 3.8) is 0 Å². The van der Waals surface area contributed by atoms with Crippen LogP contribution in [-0.2, 0) is 0 Å². The largest absolute Gasteiger partial charge is 0.494 e. The summed E-state index contributed by atoms with van der Waals surface area (Å²) in [5.74, 6) is 0.645. The molecule has 0 aliphatic rings. The van der Waals surface area contributed by atoms with Gasteiger partial charge in [0.2, 0.25) is 5.78 Å². The van der Waals surface area contributed by atoms with Crippen LogP contribution >= 0.6 is 11.6 Å². The Hall–Kier alpha value is -2.59. The Labute approximate surface area is 138 Å². The number of pyridine rings is 1. The number of hydrogen-bond donors (Lipinski definition) is 1. The van der Waals surface area contributed by atoms with E-state index in [1.807, 2.05) is 31.2 Å². The summed E-state index contributed by atoms with van der Waals surface area (Å²) in [4.78, 5) is 19.2. The Balaban J connectivity index is 1.91. The lowest BCUT2D eigenvalue weighted by Gasteiger charge is -2.06. The second-order valence-corrected chi connectivity index (χ2v) is 5.30. The predicted octanol–water partition coefficient (Wildman–Crippen LogP) is 4.51. The number of nitrogens with zero attached hydrogens (tertiary/aromatic N) is 1. The molecule has 0 aliphatic carbocycles. The number of halogens is 1. The van der Waals surface area contributed by atoms with Crippen LogP contribution in [0.4, 0.5) is 0 Å². The number of benzene rings is 1. The zero-order valence-corrected chi connectivity index (χ0v) is 13.3. The van der Waals surface area contributed by atoms with Gasteiger partial charge in [-0.2, -0.15) is 0 Å². The van der Waals surface area contributed by atoms with Gasteiger partial charge in [-0.25, -0.2) is 4.98 Å². The van der Waals surface area contributed by atoms with E-state index in [9.17, 15) is 4.79 Å². The maximum Gasteiger partial charge on any atom is 0.201 e. The molecule has 2 heterocycles. The molecule has 4 nitrogen and oxygen atoms in total. The standard InChI is InChI=1S/C18H15ClN2O2/c1-2-23-14-7-5-12-10-13(18(19)21-16(12)11-14)6-8-17(22)15-4-3-9-20-15/h3-11,20H,2H2,1H3/b8-6+. The van der Waals surface area contributed by atoms with Crippen LogP contribution in [0.1, 0.15) is 23.0 Å². The van der Waals surface area contributed by atoms with Gasteiger partial charge in [-0.15, -0.1) is 0 Å². The summed E-state index contributed by atoms with van der Waals surface area (Å²) in [6.07, 6.45) is 4.87. The number of ether oxygens (including phenoxy) is 1. The highest BCUT2D eigenvalue weighted by Gasteiger charge is 2.06. The second kappa shape index (κ2) is 6.67. The first-order valence-corrected chi connectivity index (χ1v) is 7.64. The minimum Gasteiger partial charge on any atom is -0.494 e. The minimum atomic E-state index is -0.113. The Bertz CT molecular complexity index is 870. The third-order valence-corrected chi connectivity index (χ3v) is 3.66. The van der Waals surface area contributed by atoms with Crippen LogP contribution in [0.2, 0.25) is 5.15 Å². The fourth-order valence-electron chi connectivity index (χ4n) is 2.25. The number of nitrogens with one attached hydrogen (secondary N) is 1. The fourth-order valence-corrected chi connectivity index (χ4v) is 2.46. The van der Waals surface area contributed by atoms with Crippen molar-refractivity contribution in [1.82, 2.24) is 9.97 Å². The lowest BCUT2D eigenvalue weighted by Crippen LogP contribution is -1.94. The summed E-state index contributed by atoms with van der Waals surface area (Å²) in [7, 11) is 0. The first kappa shape index (κ1) is 15.3. The summed E-state index contributed by atoms with van der Waals surface area (Å²) in [5.41, 5.74) is 1.99. The number of rotatable bonds is 5. The lowest BCUT2D eigenvalue weighted by molar-refractivity contribution is 0.104. The first-order valence-electron chi connectivity index (χ1n) is 7.26. The molecular formula is C18H15ClN2O2. The number of hydrogen-bond acceptors (Lipinski definition) is 3. The molecule has 0 saturated carbocycles. The zero-order valence-electron chi connectivity index (χ0n) is 12.5. The van der Waals surface area contributed by atoms with Gasteiger partial charge in [-0.05, 0) is 49.4 Å². The van der Waals surface area contributed by atoms with Crippen molar-refractivity contribution in [3.8, 4) is 5.75 Å². The third-order valence-electron chi connectivity index (χ3n) is 3.36. The molecule has 0 atom stereocenters. The molecule has 3 rings (SSSR count). The van der Waals surface area contributed by atoms with E-state index in [-0.39, 0.29) is 5.78 Å². The van der Waals surface area contributed by atoms with Crippen molar-refractivity contribution >= 4 is 34.4 Å². The van der Waals surface area contributed by atoms with Crippen LogP contribution in [0.15, 0.2) is 48.7 Å². The van der Waals surface area contributed by atoms with Crippen LogP contribution < -0.4 is 4.74 Å². The molecule has 23 heavy (non-hydrogen) atoms. The molecular weight excluding hydrogens is 312 g/mol. The molecule has 0 amide bonds. The Morgan fingerprint density at radius 1 is 1.35 bits per heavy atom. The zero-order chi connectivity index (χ0) is 16.2. The number of H-pyrrole nitrogens is 1. The molecule has 1 N–H and O–H groups in total. The van der Waals surface area contributed by atoms with E-state index < -0.39 is 0 Å². The van der Waals surface area contributed by atoms with E-state index in [2.05, 4.69) is 9.97 Å². The van der Waals surface area contributed by atoms with Gasteiger partial charge < -0.3 is 9.72 Å². The van der Waals surface area contributed by atoms with E-state index in [0.717, 1.165) is 16.7 Å². The van der Waals surface area contributed by atoms with E-state index in [1.165, 1.54) is 6.08 Å². The average Bonchev–Trinajstić information content (AvgIpc) is 3.07. The van der Waals surface area contributed by atoms with Gasteiger partial charge in [-0.1, -0.05) is 11.6 Å². The number of allylic oxidation sites excluding steroid dienone is 1. The summed E-state index contributed by atoms with van der Waals surface area (Å²) in [5, 5.41) is 1.28. The quantitative estimate of drug-likeness (QED) is 0.426. The summed E-state index contributed by atoms with van der Waals surface area (Å²) >= 11 is 6.22. The van der Waals surface area contributed by atoms with E-state index >= 15 is 0 Å². The van der Waals surface area contributed by atoms with Gasteiger partial charge >= 0.3 is 0 Å². The average molecular weight is 327 g/mol. The van der Waals surface area contributed by atoms with E-state index in [1.54, 1.807) is 24.4 Å². The van der Waals surface area contributed by atoms with Crippen LogP contribution in [0.5, 0.6) is 5.75 Å². The van der Waals surface area contributed by atoms with Crippen molar-refractivity contribution in [2.45, 2.75) is 6.92 Å². The highest BCUT2D eigenvalue weighted by atomic mass is 35.5. The lowest BCUT2D eigenvalue weighted by atomic mass is 10.1. The molecule has 3 aromatic rings. The number of aromatic nitrogens is 2. The first-order chi connectivity index (χ1) is 11.2. The van der Waals surface area contributed by atoms with E-state index in [0.29, 0.717) is 23.0 Å². The van der Waals surface area contributed by atoms with Gasteiger partial charge in [0.25, 0.3) is 0 Å². The molecule has 0 bridgehead atoms. The highest BCUT2D eigenvalue weighted by Crippen LogP contribution is 2.25. The smallest absolute Gasteiger partial charge is 0.201 e. The molecule has 0 aliphatic heterocycles. The molecule has 116 valence electrons. The van der Waals surface area contributed by atoms with Crippen molar-refractivity contribution in [3.05, 3.63) is 65.1 Å². The predicted molar refractivity (Wildman–Crippen MR) is 92.1 cm³/mol. The van der Waals surface area contributed by atoms with Crippen molar-refractivity contribution in [1.29, 1.82) is 0 Å². The number of aromatic amines is 1. The van der Waals surface area contributed by atoms with Gasteiger partial charge in [0.1, 0.15) is 10.9 Å². The van der Waals surface area contributed by atoms with Gasteiger partial charge in [0.05, 0.1) is 17.8 Å². The number of ketones is 1. The molecule has 0 fully saturated rings. The summed E-state index contributed by atoms with van der Waals surface area (Å²) in [6.45, 7) is 2.53. The highest BCUT2D eigenvalue weighted by molar-refractivity contribution is 6.31. The maximum absolute atomic E-state index is 12.0. The molecule has 0 unspecified atom stereocenters. The Morgan fingerprint density at radius 2 is 2.22 bits per heavy atom. The van der Waals surface area contributed by atoms with Crippen LogP contribution in [-0.4, -0.2) is 22.4 Å². The van der Waals surface area contributed by atoms with Crippen LogP contribution in [0, 0.1) is 0 Å². The molecule has 2 aromatic heterocycles. The second-order valence-electron chi connectivity index (χ2n) is 4.94. The molecule has 0 spiro atoms. The van der Waals surface area contributed by atoms with Crippen molar-refractivity contribution in [2.75, 3.05) is 6.61 Å². The SMILES string of the molecule is CCOc1ccc2cc(/C=C/C(=O)c3ccc[nH]3)c(Cl)nc2c1. The topological polar surface area (TPSA) is 55.0 Å². The van der Waals surface area contributed by atoms with Gasteiger partial charge in [0.15, 0.2) is 0 Å². The Kier molecular flexibility index (Phi) is 4.44. The normalized spacial score (nSPS) is 11.2. The molecule has 1 aromatic carbocycles. The van der Waals surface area contributed by atoms with Gasteiger partial charge in [-0.3, -0.25) is 4.79 Å². The molecule has 0 radical (unpaired) electrons. The third kappa shape index (κ3) is 3.43. The number of carbonyl (C=O) groups is 1. The fraction of sp³-hybridized carbons (Fsp3) is 0.111. The summed E-state index contributed by atoms with van der Waals surface area (Å²) in [6, 6.07) is 11.1. The number of fused-ring (bicyclic) bond motifs is 1. The van der Waals surface area contributed by atoms with Crippen molar-refractivity contribution in [2.24, 2.45) is 0 Å². The molecule has 0 saturated heterocycles. The summed E-state index contributed by atoms with van der Waals surface area (Å²) < 4.78 is 5.46. The minimum absolute atomic E-state index is 0.113. The van der Waals surface area contributed by atoms with E-state index in [4.69, 9.17) is 16.3 Å². The Morgan fingerprint density at radius 3 is 2.96 bits per heavy atom. The van der Waals surface area contributed by atoms with Gasteiger partial charge in [0, 0.05) is 23.2 Å². The maximum atomic E-state index is 12.0. The van der Waals surface area contributed by atoms with Crippen LogP contribution in [0.3, 0.4) is 0 Å². The van der Waals surface area contributed by atoms with Crippen molar-refractivity contribution < 1.29 is 9.53 Å².